The molecule has 2 aromatic rings. The highest BCUT2D eigenvalue weighted by molar-refractivity contribution is 7.50. The SMILES string of the molecule is B.C=CP(OCc1ccc([N+](=O)[O-])cc1)OCc1ccc([N+](=O)[O-])cc1. The number of benzene rings is 2. The Morgan fingerprint density at radius 1 is 0.846 bits per heavy atom. The van der Waals surface area contributed by atoms with Crippen molar-refractivity contribution in [3.63, 3.8) is 0 Å². The van der Waals surface area contributed by atoms with Gasteiger partial charge in [-0.1, -0.05) is 6.58 Å². The first kappa shape index (κ1) is 21.4. The average molecular weight is 376 g/mol. The lowest BCUT2D eigenvalue weighted by molar-refractivity contribution is -0.385. The van der Waals surface area contributed by atoms with Crippen molar-refractivity contribution in [1.82, 2.24) is 0 Å². The third-order valence-electron chi connectivity index (χ3n) is 3.16. The van der Waals surface area contributed by atoms with Crippen molar-refractivity contribution < 1.29 is 18.9 Å². The molecule has 0 aliphatic heterocycles. The normalized spacial score (nSPS) is 10.2. The van der Waals surface area contributed by atoms with Gasteiger partial charge in [0.1, 0.15) is 0 Å². The van der Waals surface area contributed by atoms with E-state index in [9.17, 15) is 20.2 Å². The number of nitro benzene ring substituents is 2. The molecule has 8 nitrogen and oxygen atoms in total. The van der Waals surface area contributed by atoms with Crippen LogP contribution in [0.25, 0.3) is 0 Å². The second-order valence-corrected chi connectivity index (χ2v) is 6.31. The first-order chi connectivity index (χ1) is 12.0. The predicted octanol–water partition coefficient (Wildman–Crippen LogP) is 3.51. The van der Waals surface area contributed by atoms with E-state index in [1.165, 1.54) is 24.3 Å². The lowest BCUT2D eigenvalue weighted by Crippen LogP contribution is -1.94. The Morgan fingerprint density at radius 3 is 1.46 bits per heavy atom. The van der Waals surface area contributed by atoms with Crippen molar-refractivity contribution in [3.05, 3.63) is 92.3 Å². The van der Waals surface area contributed by atoms with E-state index >= 15 is 0 Å². The fourth-order valence-corrected chi connectivity index (χ4v) is 2.68. The Morgan fingerprint density at radius 2 is 1.19 bits per heavy atom. The van der Waals surface area contributed by atoms with Crippen LogP contribution in [-0.2, 0) is 22.3 Å². The Labute approximate surface area is 153 Å². The molecule has 0 saturated carbocycles. The van der Waals surface area contributed by atoms with Crippen molar-refractivity contribution in [2.24, 2.45) is 0 Å². The third kappa shape index (κ3) is 6.36. The summed E-state index contributed by atoms with van der Waals surface area (Å²) in [5.74, 6) is 1.55. The molecule has 0 saturated heterocycles. The molecule has 0 fully saturated rings. The van der Waals surface area contributed by atoms with Crippen molar-refractivity contribution in [2.75, 3.05) is 0 Å². The summed E-state index contributed by atoms with van der Waals surface area (Å²) in [6.07, 6.45) is 0. The number of non-ortho nitro benzene ring substituents is 2. The first-order valence-corrected chi connectivity index (χ1v) is 8.38. The van der Waals surface area contributed by atoms with Crippen LogP contribution in [-0.4, -0.2) is 18.3 Å². The summed E-state index contributed by atoms with van der Waals surface area (Å²) in [7, 11) is -1.35. The van der Waals surface area contributed by atoms with Gasteiger partial charge in [-0.25, -0.2) is 0 Å². The molecular weight excluding hydrogens is 358 g/mol. The summed E-state index contributed by atoms with van der Waals surface area (Å²) in [6, 6.07) is 12.1. The zero-order valence-corrected chi connectivity index (χ0v) is 14.0. The molecule has 0 aromatic heterocycles. The van der Waals surface area contributed by atoms with Gasteiger partial charge in [0, 0.05) is 24.3 Å². The zero-order chi connectivity index (χ0) is 18.2. The molecule has 0 aliphatic rings. The third-order valence-corrected chi connectivity index (χ3v) is 4.23. The molecule has 2 rings (SSSR count). The summed E-state index contributed by atoms with van der Waals surface area (Å²) >= 11 is 0. The Kier molecular flexibility index (Phi) is 8.58. The highest BCUT2D eigenvalue weighted by Gasteiger charge is 2.10. The minimum absolute atomic E-state index is 0. The molecule has 136 valence electrons. The van der Waals surface area contributed by atoms with Crippen LogP contribution in [0, 0.1) is 20.2 Å². The Balaban J connectivity index is 0.00000338. The standard InChI is InChI=1S/C16H15N2O6P.BH3/c1-2-25(23-11-13-3-7-15(8-4-13)17(19)20)24-12-14-5-9-16(10-6-14)18(21)22;/h2-10H,1,11-12H2;1H3. The van der Waals surface area contributed by atoms with Gasteiger partial charge in [-0.3, -0.25) is 20.2 Å². The van der Waals surface area contributed by atoms with Gasteiger partial charge in [-0.05, 0) is 41.2 Å². The molecule has 2 aromatic carbocycles. The lowest BCUT2D eigenvalue weighted by Gasteiger charge is -2.13. The van der Waals surface area contributed by atoms with Crippen LogP contribution in [0.3, 0.4) is 0 Å². The number of rotatable bonds is 9. The van der Waals surface area contributed by atoms with Crippen LogP contribution in [0.1, 0.15) is 11.1 Å². The smallest absolute Gasteiger partial charge is 0.269 e. The maximum Gasteiger partial charge on any atom is 0.269 e. The monoisotopic (exact) mass is 376 g/mol. The van der Waals surface area contributed by atoms with Gasteiger partial charge in [0.25, 0.3) is 11.4 Å². The van der Waals surface area contributed by atoms with Gasteiger partial charge in [0.15, 0.2) is 8.38 Å². The molecule has 0 spiro atoms. The summed E-state index contributed by atoms with van der Waals surface area (Å²) in [5.41, 5.74) is 1.59. The summed E-state index contributed by atoms with van der Waals surface area (Å²) in [6.45, 7) is 4.12. The Bertz CT molecular complexity index is 693. The molecule has 0 aliphatic carbocycles. The van der Waals surface area contributed by atoms with Crippen LogP contribution >= 0.6 is 8.38 Å². The van der Waals surface area contributed by atoms with Crippen LogP contribution < -0.4 is 0 Å². The molecule has 0 radical (unpaired) electrons. The van der Waals surface area contributed by atoms with Crippen molar-refractivity contribution in [2.45, 2.75) is 13.2 Å². The molecule has 0 amide bonds. The van der Waals surface area contributed by atoms with E-state index in [0.717, 1.165) is 11.1 Å². The zero-order valence-electron chi connectivity index (χ0n) is 13.1. The van der Waals surface area contributed by atoms with Crippen LogP contribution in [0.5, 0.6) is 0 Å². The fraction of sp³-hybridized carbons (Fsp3) is 0.125. The summed E-state index contributed by atoms with van der Waals surface area (Å²) in [4.78, 5) is 20.3. The summed E-state index contributed by atoms with van der Waals surface area (Å²) in [5, 5.41) is 21.2. The molecule has 10 heteroatoms. The highest BCUT2D eigenvalue weighted by atomic mass is 31.2. The minimum atomic E-state index is -1.35. The van der Waals surface area contributed by atoms with E-state index in [0.29, 0.717) is 0 Å². The largest absolute Gasteiger partial charge is 0.326 e. The van der Waals surface area contributed by atoms with Gasteiger partial charge in [-0.2, -0.15) is 0 Å². The number of hydrogen-bond donors (Lipinski definition) is 0. The maximum atomic E-state index is 10.6. The van der Waals surface area contributed by atoms with Gasteiger partial charge in [-0.15, -0.1) is 0 Å². The number of nitrogens with zero attached hydrogens (tertiary/aromatic N) is 2. The quantitative estimate of drug-likeness (QED) is 0.287. The molecule has 0 unspecified atom stereocenters. The van der Waals surface area contributed by atoms with Crippen LogP contribution in [0.2, 0.25) is 0 Å². The number of hydrogen-bond acceptors (Lipinski definition) is 6. The van der Waals surface area contributed by atoms with Crippen molar-refractivity contribution in [3.8, 4) is 0 Å². The second kappa shape index (κ2) is 10.4. The molecule has 0 heterocycles. The van der Waals surface area contributed by atoms with E-state index in [1.807, 2.05) is 0 Å². The second-order valence-electron chi connectivity index (χ2n) is 4.86. The molecule has 26 heavy (non-hydrogen) atoms. The lowest BCUT2D eigenvalue weighted by atomic mass is 10.2. The van der Waals surface area contributed by atoms with Gasteiger partial charge in [0.05, 0.1) is 31.5 Å². The van der Waals surface area contributed by atoms with Crippen molar-refractivity contribution >= 4 is 28.2 Å². The van der Waals surface area contributed by atoms with Crippen molar-refractivity contribution in [1.29, 1.82) is 0 Å². The first-order valence-electron chi connectivity index (χ1n) is 7.14. The Hall–Kier alpha value is -2.61. The summed E-state index contributed by atoms with van der Waals surface area (Å²) < 4.78 is 11.2. The van der Waals surface area contributed by atoms with E-state index in [2.05, 4.69) is 6.58 Å². The van der Waals surface area contributed by atoms with Crippen LogP contribution in [0.4, 0.5) is 11.4 Å². The van der Waals surface area contributed by atoms with Gasteiger partial charge >= 0.3 is 0 Å². The predicted molar refractivity (Wildman–Crippen MR) is 103 cm³/mol. The van der Waals surface area contributed by atoms with E-state index in [4.69, 9.17) is 9.05 Å². The average Bonchev–Trinajstić information content (AvgIpc) is 2.62. The molecule has 0 N–H and O–H groups in total. The van der Waals surface area contributed by atoms with Gasteiger partial charge < -0.3 is 9.05 Å². The highest BCUT2D eigenvalue weighted by Crippen LogP contribution is 2.41. The van der Waals surface area contributed by atoms with E-state index in [-0.39, 0.29) is 33.0 Å². The number of nitro groups is 2. The molecular formula is C16H18BN2O6P. The van der Waals surface area contributed by atoms with Crippen LogP contribution in [0.15, 0.2) is 60.9 Å². The minimum Gasteiger partial charge on any atom is -0.326 e. The topological polar surface area (TPSA) is 105 Å². The molecule has 0 bridgehead atoms. The van der Waals surface area contributed by atoms with Gasteiger partial charge in [0.2, 0.25) is 0 Å². The molecule has 0 atom stereocenters. The maximum absolute atomic E-state index is 10.6. The fourth-order valence-electron chi connectivity index (χ4n) is 1.85. The van der Waals surface area contributed by atoms with E-state index in [1.54, 1.807) is 30.1 Å². The van der Waals surface area contributed by atoms with E-state index < -0.39 is 18.2 Å².